The van der Waals surface area contributed by atoms with Crippen LogP contribution in [-0.4, -0.2) is 17.6 Å². The van der Waals surface area contributed by atoms with E-state index in [1.165, 1.54) is 17.4 Å². The molecule has 20 heavy (non-hydrogen) atoms. The van der Waals surface area contributed by atoms with Gasteiger partial charge in [-0.3, -0.25) is 4.98 Å². The van der Waals surface area contributed by atoms with Gasteiger partial charge in [0.15, 0.2) is 0 Å². The number of nitrogens with zero attached hydrogens (tertiary/aromatic N) is 1. The first kappa shape index (κ1) is 15.0. The lowest BCUT2D eigenvalue weighted by Crippen LogP contribution is -2.33. The van der Waals surface area contributed by atoms with Crippen molar-refractivity contribution in [3.63, 3.8) is 0 Å². The van der Waals surface area contributed by atoms with Gasteiger partial charge in [-0.25, -0.2) is 0 Å². The highest BCUT2D eigenvalue weighted by Crippen LogP contribution is 2.32. The molecule has 2 nitrogen and oxygen atoms in total. The predicted octanol–water partition coefficient (Wildman–Crippen LogP) is 4.29. The average Bonchev–Trinajstić information content (AvgIpc) is 2.44. The Kier molecular flexibility index (Phi) is 4.77. The van der Waals surface area contributed by atoms with E-state index in [2.05, 4.69) is 62.3 Å². The maximum absolute atomic E-state index is 4.60. The van der Waals surface area contributed by atoms with E-state index < -0.39 is 0 Å². The van der Waals surface area contributed by atoms with Crippen LogP contribution in [0.3, 0.4) is 0 Å². The van der Waals surface area contributed by atoms with Crippen LogP contribution in [0.1, 0.15) is 46.1 Å². The number of hydrogen-bond donors (Lipinski definition) is 1. The molecule has 1 heterocycles. The Morgan fingerprint density at radius 2 is 1.95 bits per heavy atom. The first-order chi connectivity index (χ1) is 9.54. The number of para-hydroxylation sites is 1. The summed E-state index contributed by atoms with van der Waals surface area (Å²) in [5, 5.41) is 4.81. The number of rotatable bonds is 6. The SMILES string of the molecule is CCCNC(C)CC(C)(C)c1cccc2cccnc12. The summed E-state index contributed by atoms with van der Waals surface area (Å²) >= 11 is 0. The summed E-state index contributed by atoms with van der Waals surface area (Å²) < 4.78 is 0. The van der Waals surface area contributed by atoms with E-state index in [4.69, 9.17) is 0 Å². The van der Waals surface area contributed by atoms with Gasteiger partial charge in [0.1, 0.15) is 0 Å². The van der Waals surface area contributed by atoms with E-state index in [-0.39, 0.29) is 5.41 Å². The molecule has 0 spiro atoms. The molecule has 0 fully saturated rings. The molecule has 1 atom stereocenters. The molecule has 1 aromatic heterocycles. The van der Waals surface area contributed by atoms with Crippen molar-refractivity contribution < 1.29 is 0 Å². The lowest BCUT2D eigenvalue weighted by molar-refractivity contribution is 0.391. The Morgan fingerprint density at radius 3 is 2.70 bits per heavy atom. The summed E-state index contributed by atoms with van der Waals surface area (Å²) in [5.41, 5.74) is 2.61. The molecule has 2 heteroatoms. The number of pyridine rings is 1. The fourth-order valence-electron chi connectivity index (χ4n) is 2.99. The quantitative estimate of drug-likeness (QED) is 0.847. The highest BCUT2D eigenvalue weighted by Gasteiger charge is 2.25. The van der Waals surface area contributed by atoms with E-state index in [0.717, 1.165) is 18.5 Å². The molecule has 0 aliphatic rings. The highest BCUT2D eigenvalue weighted by molar-refractivity contribution is 5.82. The molecule has 0 bridgehead atoms. The van der Waals surface area contributed by atoms with Crippen LogP contribution in [0.5, 0.6) is 0 Å². The molecule has 0 amide bonds. The molecule has 1 N–H and O–H groups in total. The predicted molar refractivity (Wildman–Crippen MR) is 87.1 cm³/mol. The van der Waals surface area contributed by atoms with Gasteiger partial charge in [0.2, 0.25) is 0 Å². The minimum absolute atomic E-state index is 0.119. The first-order valence-corrected chi connectivity index (χ1v) is 7.62. The van der Waals surface area contributed by atoms with Crippen molar-refractivity contribution in [2.45, 2.75) is 52.0 Å². The van der Waals surface area contributed by atoms with Crippen molar-refractivity contribution in [2.24, 2.45) is 0 Å². The third-order valence-electron chi connectivity index (χ3n) is 3.92. The van der Waals surface area contributed by atoms with Crippen molar-refractivity contribution >= 4 is 10.9 Å². The van der Waals surface area contributed by atoms with Crippen LogP contribution in [-0.2, 0) is 5.41 Å². The molecule has 108 valence electrons. The second kappa shape index (κ2) is 6.36. The smallest absolute Gasteiger partial charge is 0.0739 e. The minimum Gasteiger partial charge on any atom is -0.314 e. The van der Waals surface area contributed by atoms with Crippen LogP contribution in [0.25, 0.3) is 10.9 Å². The Morgan fingerprint density at radius 1 is 1.20 bits per heavy atom. The zero-order chi connectivity index (χ0) is 14.6. The molecular weight excluding hydrogens is 244 g/mol. The average molecular weight is 270 g/mol. The number of fused-ring (bicyclic) bond motifs is 1. The zero-order valence-corrected chi connectivity index (χ0v) is 13.1. The van der Waals surface area contributed by atoms with Gasteiger partial charge in [0.05, 0.1) is 5.52 Å². The normalized spacial score (nSPS) is 13.6. The molecule has 0 aliphatic carbocycles. The monoisotopic (exact) mass is 270 g/mol. The number of hydrogen-bond acceptors (Lipinski definition) is 2. The highest BCUT2D eigenvalue weighted by atomic mass is 14.9. The van der Waals surface area contributed by atoms with Gasteiger partial charge in [-0.2, -0.15) is 0 Å². The molecule has 0 saturated heterocycles. The van der Waals surface area contributed by atoms with Crippen LogP contribution >= 0.6 is 0 Å². The van der Waals surface area contributed by atoms with E-state index in [0.29, 0.717) is 6.04 Å². The van der Waals surface area contributed by atoms with Crippen LogP contribution in [0.2, 0.25) is 0 Å². The van der Waals surface area contributed by atoms with E-state index >= 15 is 0 Å². The number of benzene rings is 1. The van der Waals surface area contributed by atoms with Crippen LogP contribution in [0.4, 0.5) is 0 Å². The summed E-state index contributed by atoms with van der Waals surface area (Å²) in [7, 11) is 0. The fraction of sp³-hybridized carbons (Fsp3) is 0.500. The Labute approximate surface area is 122 Å². The summed E-state index contributed by atoms with van der Waals surface area (Å²) in [5.74, 6) is 0. The third kappa shape index (κ3) is 3.37. The summed E-state index contributed by atoms with van der Waals surface area (Å²) in [6.07, 6.45) is 4.18. The molecule has 1 unspecified atom stereocenters. The first-order valence-electron chi connectivity index (χ1n) is 7.62. The lowest BCUT2D eigenvalue weighted by atomic mass is 9.78. The molecule has 0 saturated carbocycles. The maximum Gasteiger partial charge on any atom is 0.0739 e. The van der Waals surface area contributed by atoms with Gasteiger partial charge in [-0.1, -0.05) is 45.0 Å². The Balaban J connectivity index is 2.27. The van der Waals surface area contributed by atoms with Gasteiger partial charge < -0.3 is 5.32 Å². The van der Waals surface area contributed by atoms with E-state index in [1.54, 1.807) is 0 Å². The van der Waals surface area contributed by atoms with E-state index in [1.807, 2.05) is 12.3 Å². The molecular formula is C18H26N2. The zero-order valence-electron chi connectivity index (χ0n) is 13.1. The van der Waals surface area contributed by atoms with Gasteiger partial charge in [-0.05, 0) is 43.4 Å². The largest absolute Gasteiger partial charge is 0.314 e. The van der Waals surface area contributed by atoms with Gasteiger partial charge in [0, 0.05) is 17.6 Å². The summed E-state index contributed by atoms with van der Waals surface area (Å²) in [4.78, 5) is 4.60. The minimum atomic E-state index is 0.119. The molecule has 1 aromatic carbocycles. The van der Waals surface area contributed by atoms with Gasteiger partial charge in [0.25, 0.3) is 0 Å². The number of aromatic nitrogens is 1. The van der Waals surface area contributed by atoms with Crippen molar-refractivity contribution in [1.82, 2.24) is 10.3 Å². The second-order valence-corrected chi connectivity index (χ2v) is 6.32. The van der Waals surface area contributed by atoms with Gasteiger partial charge >= 0.3 is 0 Å². The van der Waals surface area contributed by atoms with Crippen LogP contribution < -0.4 is 5.32 Å². The topological polar surface area (TPSA) is 24.9 Å². The number of nitrogens with one attached hydrogen (secondary N) is 1. The Bertz CT molecular complexity index is 555. The molecule has 2 rings (SSSR count). The van der Waals surface area contributed by atoms with Crippen molar-refractivity contribution in [3.05, 3.63) is 42.1 Å². The lowest BCUT2D eigenvalue weighted by Gasteiger charge is -2.30. The fourth-order valence-corrected chi connectivity index (χ4v) is 2.99. The standard InChI is InChI=1S/C18H26N2/c1-5-11-19-14(2)13-18(3,4)16-10-6-8-15-9-7-12-20-17(15)16/h6-10,12,14,19H,5,11,13H2,1-4H3. The molecule has 2 aromatic rings. The maximum atomic E-state index is 4.60. The van der Waals surface area contributed by atoms with E-state index in [9.17, 15) is 0 Å². The van der Waals surface area contributed by atoms with Crippen molar-refractivity contribution in [1.29, 1.82) is 0 Å². The Hall–Kier alpha value is -1.41. The second-order valence-electron chi connectivity index (χ2n) is 6.32. The summed E-state index contributed by atoms with van der Waals surface area (Å²) in [6, 6.07) is 11.2. The van der Waals surface area contributed by atoms with Crippen LogP contribution in [0, 0.1) is 0 Å². The van der Waals surface area contributed by atoms with Crippen molar-refractivity contribution in [2.75, 3.05) is 6.54 Å². The third-order valence-corrected chi connectivity index (χ3v) is 3.92. The van der Waals surface area contributed by atoms with Crippen molar-refractivity contribution in [3.8, 4) is 0 Å². The van der Waals surface area contributed by atoms with Crippen LogP contribution in [0.15, 0.2) is 36.5 Å². The summed E-state index contributed by atoms with van der Waals surface area (Å²) in [6.45, 7) is 10.2. The van der Waals surface area contributed by atoms with Gasteiger partial charge in [-0.15, -0.1) is 0 Å². The molecule has 0 radical (unpaired) electrons. The molecule has 0 aliphatic heterocycles.